The van der Waals surface area contributed by atoms with Gasteiger partial charge in [-0.25, -0.2) is 0 Å². The summed E-state index contributed by atoms with van der Waals surface area (Å²) in [6, 6.07) is 16.4. The van der Waals surface area contributed by atoms with Crippen LogP contribution in [0.5, 0.6) is 5.75 Å². The molecule has 0 saturated heterocycles. The summed E-state index contributed by atoms with van der Waals surface area (Å²) in [6.45, 7) is 5.02. The van der Waals surface area contributed by atoms with Crippen molar-refractivity contribution in [1.29, 1.82) is 0 Å². The van der Waals surface area contributed by atoms with E-state index in [4.69, 9.17) is 4.74 Å². The lowest BCUT2D eigenvalue weighted by molar-refractivity contribution is 0.317. The fourth-order valence-electron chi connectivity index (χ4n) is 1.82. The summed E-state index contributed by atoms with van der Waals surface area (Å²) >= 11 is 0. The van der Waals surface area contributed by atoms with Crippen molar-refractivity contribution in [2.75, 3.05) is 6.61 Å². The molecular formula is C19H20O. The number of ether oxygens (including phenoxy) is 1. The monoisotopic (exact) mass is 264 g/mol. The van der Waals surface area contributed by atoms with Crippen LogP contribution < -0.4 is 4.74 Å². The van der Waals surface area contributed by atoms with Crippen LogP contribution in [0, 0.1) is 11.8 Å². The number of hydrogen-bond donors (Lipinski definition) is 0. The van der Waals surface area contributed by atoms with Gasteiger partial charge in [-0.2, -0.15) is 0 Å². The molecule has 0 aromatic heterocycles. The predicted octanol–water partition coefficient (Wildman–Crippen LogP) is 4.44. The molecule has 0 radical (unpaired) electrons. The zero-order valence-corrected chi connectivity index (χ0v) is 12.1. The quantitative estimate of drug-likeness (QED) is 0.742. The maximum atomic E-state index is 5.55. The van der Waals surface area contributed by atoms with Crippen molar-refractivity contribution in [1.82, 2.24) is 0 Å². The van der Waals surface area contributed by atoms with E-state index in [1.54, 1.807) is 0 Å². The highest BCUT2D eigenvalue weighted by Crippen LogP contribution is 2.12. The van der Waals surface area contributed by atoms with E-state index >= 15 is 0 Å². The molecule has 0 aliphatic heterocycles. The second kappa shape index (κ2) is 7.40. The first kappa shape index (κ1) is 14.2. The van der Waals surface area contributed by atoms with Crippen LogP contribution >= 0.6 is 0 Å². The molecule has 1 heteroatoms. The Labute approximate surface area is 121 Å². The second-order valence-electron chi connectivity index (χ2n) is 4.67. The molecule has 0 spiro atoms. The summed E-state index contributed by atoms with van der Waals surface area (Å²) in [5, 5.41) is 0. The number of aryl methyl sites for hydroxylation is 1. The van der Waals surface area contributed by atoms with Gasteiger partial charge in [0.25, 0.3) is 0 Å². The minimum atomic E-state index is 0.759. The molecule has 2 aromatic rings. The summed E-state index contributed by atoms with van der Waals surface area (Å²) < 4.78 is 5.55. The molecule has 0 N–H and O–H groups in total. The normalized spacial score (nSPS) is 9.70. The fraction of sp³-hybridized carbons (Fsp3) is 0.263. The Morgan fingerprint density at radius 1 is 0.800 bits per heavy atom. The van der Waals surface area contributed by atoms with Crippen molar-refractivity contribution < 1.29 is 4.74 Å². The molecule has 0 aliphatic carbocycles. The molecular weight excluding hydrogens is 244 g/mol. The van der Waals surface area contributed by atoms with Gasteiger partial charge in [0.15, 0.2) is 0 Å². The van der Waals surface area contributed by atoms with Crippen LogP contribution in [0.1, 0.15) is 37.0 Å². The van der Waals surface area contributed by atoms with Crippen LogP contribution in [0.25, 0.3) is 0 Å². The molecule has 0 bridgehead atoms. The van der Waals surface area contributed by atoms with Crippen molar-refractivity contribution >= 4 is 0 Å². The fourth-order valence-corrected chi connectivity index (χ4v) is 1.82. The molecule has 2 rings (SSSR count). The van der Waals surface area contributed by atoms with Gasteiger partial charge in [-0.15, -0.1) is 0 Å². The Balaban J connectivity index is 2.04. The molecule has 20 heavy (non-hydrogen) atoms. The third-order valence-corrected chi connectivity index (χ3v) is 3.04. The molecule has 0 amide bonds. The Hall–Kier alpha value is -2.20. The molecule has 0 unspecified atom stereocenters. The number of hydrogen-bond acceptors (Lipinski definition) is 1. The summed E-state index contributed by atoms with van der Waals surface area (Å²) in [7, 11) is 0. The third-order valence-electron chi connectivity index (χ3n) is 3.04. The van der Waals surface area contributed by atoms with E-state index in [-0.39, 0.29) is 0 Å². The molecule has 1 nitrogen and oxygen atoms in total. The molecule has 0 heterocycles. The van der Waals surface area contributed by atoms with Crippen molar-refractivity contribution in [3.63, 3.8) is 0 Å². The lowest BCUT2D eigenvalue weighted by Crippen LogP contribution is -1.94. The van der Waals surface area contributed by atoms with Gasteiger partial charge in [-0.3, -0.25) is 0 Å². The van der Waals surface area contributed by atoms with Crippen molar-refractivity contribution in [3.05, 3.63) is 65.2 Å². The summed E-state index contributed by atoms with van der Waals surface area (Å²) in [5.41, 5.74) is 3.40. The first-order chi connectivity index (χ1) is 9.81. The van der Waals surface area contributed by atoms with E-state index in [1.807, 2.05) is 24.3 Å². The zero-order valence-electron chi connectivity index (χ0n) is 12.1. The van der Waals surface area contributed by atoms with Crippen LogP contribution in [-0.4, -0.2) is 6.61 Å². The Morgan fingerprint density at radius 3 is 1.85 bits per heavy atom. The third kappa shape index (κ3) is 4.17. The number of rotatable bonds is 4. The van der Waals surface area contributed by atoms with Gasteiger partial charge >= 0.3 is 0 Å². The van der Waals surface area contributed by atoms with Crippen molar-refractivity contribution in [2.24, 2.45) is 0 Å². The second-order valence-corrected chi connectivity index (χ2v) is 4.67. The topological polar surface area (TPSA) is 9.23 Å². The molecule has 2 aromatic carbocycles. The smallest absolute Gasteiger partial charge is 0.119 e. The van der Waals surface area contributed by atoms with Crippen LogP contribution in [0.4, 0.5) is 0 Å². The summed E-state index contributed by atoms with van der Waals surface area (Å²) in [6.07, 6.45) is 2.09. The van der Waals surface area contributed by atoms with Gasteiger partial charge in [0.05, 0.1) is 6.61 Å². The van der Waals surface area contributed by atoms with Gasteiger partial charge in [-0.05, 0) is 54.8 Å². The van der Waals surface area contributed by atoms with Gasteiger partial charge in [-0.1, -0.05) is 37.8 Å². The maximum Gasteiger partial charge on any atom is 0.119 e. The Bertz CT molecular complexity index is 582. The molecule has 102 valence electrons. The van der Waals surface area contributed by atoms with E-state index in [9.17, 15) is 0 Å². The van der Waals surface area contributed by atoms with E-state index in [0.29, 0.717) is 0 Å². The predicted molar refractivity (Wildman–Crippen MR) is 84.0 cm³/mol. The van der Waals surface area contributed by atoms with E-state index in [2.05, 4.69) is 50.0 Å². The highest BCUT2D eigenvalue weighted by molar-refractivity contribution is 5.44. The lowest BCUT2D eigenvalue weighted by atomic mass is 10.1. The first-order valence-electron chi connectivity index (χ1n) is 7.15. The highest BCUT2D eigenvalue weighted by atomic mass is 16.5. The van der Waals surface area contributed by atoms with E-state index < -0.39 is 0 Å². The van der Waals surface area contributed by atoms with E-state index in [1.165, 1.54) is 5.56 Å². The minimum absolute atomic E-state index is 0.759. The van der Waals surface area contributed by atoms with Crippen molar-refractivity contribution in [2.45, 2.75) is 26.7 Å². The summed E-state index contributed by atoms with van der Waals surface area (Å²) in [4.78, 5) is 0. The van der Waals surface area contributed by atoms with Crippen LogP contribution in [0.15, 0.2) is 48.5 Å². The zero-order chi connectivity index (χ0) is 14.2. The molecule has 0 fully saturated rings. The molecule has 0 aliphatic rings. The van der Waals surface area contributed by atoms with Gasteiger partial charge in [0.1, 0.15) is 5.75 Å². The van der Waals surface area contributed by atoms with Gasteiger partial charge in [0.2, 0.25) is 0 Å². The van der Waals surface area contributed by atoms with Gasteiger partial charge in [0, 0.05) is 11.1 Å². The Morgan fingerprint density at radius 2 is 1.35 bits per heavy atom. The van der Waals surface area contributed by atoms with E-state index in [0.717, 1.165) is 36.3 Å². The summed E-state index contributed by atoms with van der Waals surface area (Å²) in [5.74, 6) is 7.27. The Kier molecular flexibility index (Phi) is 5.26. The van der Waals surface area contributed by atoms with Crippen molar-refractivity contribution in [3.8, 4) is 17.6 Å². The lowest BCUT2D eigenvalue weighted by Gasteiger charge is -2.03. The van der Waals surface area contributed by atoms with Gasteiger partial charge < -0.3 is 4.74 Å². The average molecular weight is 264 g/mol. The largest absolute Gasteiger partial charge is 0.494 e. The average Bonchev–Trinajstić information content (AvgIpc) is 2.52. The molecule has 0 saturated carbocycles. The minimum Gasteiger partial charge on any atom is -0.494 e. The van der Waals surface area contributed by atoms with Crippen LogP contribution in [0.3, 0.4) is 0 Å². The maximum absolute atomic E-state index is 5.55. The standard InChI is InChI=1S/C19H20O/c1-3-15-20-19-13-11-18(12-14-19)10-9-17-7-5-16(4-2)6-8-17/h5-8,11-14H,3-4,15H2,1-2H3. The highest BCUT2D eigenvalue weighted by Gasteiger charge is 1.93. The van der Waals surface area contributed by atoms with Crippen LogP contribution in [-0.2, 0) is 6.42 Å². The molecule has 0 atom stereocenters. The first-order valence-corrected chi connectivity index (χ1v) is 7.15. The van der Waals surface area contributed by atoms with Crippen LogP contribution in [0.2, 0.25) is 0 Å². The SMILES string of the molecule is CCCOc1ccc(C#Cc2ccc(CC)cc2)cc1. The number of benzene rings is 2.